The summed E-state index contributed by atoms with van der Waals surface area (Å²) in [7, 11) is 4.26. The van der Waals surface area contributed by atoms with Crippen molar-refractivity contribution >= 4 is 5.91 Å². The minimum atomic E-state index is 0.267. The summed E-state index contributed by atoms with van der Waals surface area (Å²) in [6, 6.07) is 0. The van der Waals surface area contributed by atoms with Gasteiger partial charge in [0.2, 0.25) is 5.91 Å². The van der Waals surface area contributed by atoms with E-state index >= 15 is 0 Å². The minimum absolute atomic E-state index is 0.267. The fourth-order valence-electron chi connectivity index (χ4n) is 1.14. The Labute approximate surface area is 74.1 Å². The highest BCUT2D eigenvalue weighted by atomic mass is 16.2. The minimum Gasteiger partial charge on any atom is -0.356 e. The Kier molecular flexibility index (Phi) is 3.53. The second kappa shape index (κ2) is 4.45. The summed E-state index contributed by atoms with van der Waals surface area (Å²) in [5.41, 5.74) is 0. The highest BCUT2D eigenvalue weighted by Gasteiger charge is 2.28. The predicted molar refractivity (Wildman–Crippen MR) is 48.0 cm³/mol. The maximum atomic E-state index is 11.1. The molecule has 3 heteroatoms. The zero-order chi connectivity index (χ0) is 8.97. The van der Waals surface area contributed by atoms with Gasteiger partial charge in [0, 0.05) is 18.9 Å². The van der Waals surface area contributed by atoms with Gasteiger partial charge in [-0.1, -0.05) is 0 Å². The van der Waals surface area contributed by atoms with E-state index in [1.165, 1.54) is 4.90 Å². The molecule has 0 heterocycles. The molecule has 0 aromatic rings. The van der Waals surface area contributed by atoms with Gasteiger partial charge in [0.05, 0.1) is 20.6 Å². The molecule has 0 radical (unpaired) electrons. The van der Waals surface area contributed by atoms with Gasteiger partial charge in [-0.3, -0.25) is 4.79 Å². The van der Waals surface area contributed by atoms with Crippen LogP contribution in [0, 0.1) is 5.92 Å². The van der Waals surface area contributed by atoms with Gasteiger partial charge in [0.25, 0.3) is 0 Å². The lowest BCUT2D eigenvalue weighted by Crippen LogP contribution is -3.05. The molecule has 0 spiro atoms. The number of rotatable bonds is 5. The molecule has 1 aliphatic rings. The monoisotopic (exact) mass is 171 g/mol. The smallest absolute Gasteiger partial charge is 0.223 e. The van der Waals surface area contributed by atoms with Crippen LogP contribution in [0.15, 0.2) is 0 Å². The third kappa shape index (κ3) is 3.72. The number of carbonyl (C=O) groups excluding carboxylic acids is 1. The number of quaternary nitrogens is 1. The van der Waals surface area contributed by atoms with E-state index in [-0.39, 0.29) is 5.91 Å². The van der Waals surface area contributed by atoms with Crippen LogP contribution >= 0.6 is 0 Å². The van der Waals surface area contributed by atoms with Crippen molar-refractivity contribution in [3.05, 3.63) is 0 Å². The van der Waals surface area contributed by atoms with Crippen LogP contribution in [0.1, 0.15) is 19.3 Å². The average molecular weight is 171 g/mol. The summed E-state index contributed by atoms with van der Waals surface area (Å²) in [6.45, 7) is 1.98. The van der Waals surface area contributed by atoms with Crippen molar-refractivity contribution in [3.63, 3.8) is 0 Å². The molecule has 3 nitrogen and oxygen atoms in total. The molecule has 1 aliphatic carbocycles. The molecular weight excluding hydrogens is 152 g/mol. The van der Waals surface area contributed by atoms with E-state index in [4.69, 9.17) is 0 Å². The summed E-state index contributed by atoms with van der Waals surface area (Å²) < 4.78 is 0. The van der Waals surface area contributed by atoms with Gasteiger partial charge >= 0.3 is 0 Å². The van der Waals surface area contributed by atoms with Crippen molar-refractivity contribution in [1.29, 1.82) is 0 Å². The Morgan fingerprint density at radius 3 is 2.67 bits per heavy atom. The van der Waals surface area contributed by atoms with Gasteiger partial charge in [-0.25, -0.2) is 0 Å². The van der Waals surface area contributed by atoms with Gasteiger partial charge in [-0.05, 0) is 12.8 Å². The Morgan fingerprint density at radius 2 is 2.17 bits per heavy atom. The standard InChI is InChI=1S/C9H18N2O/c1-11(2)7-3-6-10-9(12)8-4-5-8/h8H,3-7H2,1-2H3,(H,10,12)/p+1. The van der Waals surface area contributed by atoms with Gasteiger partial charge < -0.3 is 10.2 Å². The normalized spacial score (nSPS) is 16.6. The van der Waals surface area contributed by atoms with E-state index in [2.05, 4.69) is 19.4 Å². The molecule has 1 fully saturated rings. The van der Waals surface area contributed by atoms with Crippen LogP contribution in [0.3, 0.4) is 0 Å². The molecule has 0 atom stereocenters. The summed E-state index contributed by atoms with van der Waals surface area (Å²) in [5, 5.41) is 2.95. The lowest BCUT2D eigenvalue weighted by Gasteiger charge is -2.07. The van der Waals surface area contributed by atoms with Crippen LogP contribution in [0.5, 0.6) is 0 Å². The van der Waals surface area contributed by atoms with E-state index in [1.54, 1.807) is 0 Å². The van der Waals surface area contributed by atoms with Gasteiger partial charge in [-0.2, -0.15) is 0 Å². The van der Waals surface area contributed by atoms with Crippen molar-refractivity contribution in [2.75, 3.05) is 27.2 Å². The quantitative estimate of drug-likeness (QED) is 0.514. The summed E-state index contributed by atoms with van der Waals surface area (Å²) >= 11 is 0. The summed E-state index contributed by atoms with van der Waals surface area (Å²) in [4.78, 5) is 12.6. The second-order valence-corrected chi connectivity index (χ2v) is 3.88. The first-order valence-electron chi connectivity index (χ1n) is 4.77. The zero-order valence-electron chi connectivity index (χ0n) is 8.02. The number of hydrogen-bond acceptors (Lipinski definition) is 1. The molecule has 0 aromatic heterocycles. The summed E-state index contributed by atoms with van der Waals surface area (Å²) in [6.07, 6.45) is 3.29. The largest absolute Gasteiger partial charge is 0.356 e. The fourth-order valence-corrected chi connectivity index (χ4v) is 1.14. The Hall–Kier alpha value is -0.570. The Balaban J connectivity index is 1.91. The van der Waals surface area contributed by atoms with Gasteiger partial charge in [-0.15, -0.1) is 0 Å². The maximum Gasteiger partial charge on any atom is 0.223 e. The molecule has 0 aliphatic heterocycles. The van der Waals surface area contributed by atoms with Crippen molar-refractivity contribution in [2.45, 2.75) is 19.3 Å². The van der Waals surface area contributed by atoms with Crippen LogP contribution in [0.4, 0.5) is 0 Å². The molecule has 0 unspecified atom stereocenters. The molecule has 2 N–H and O–H groups in total. The topological polar surface area (TPSA) is 33.5 Å². The molecular formula is C9H19N2O+. The lowest BCUT2D eigenvalue weighted by atomic mass is 10.3. The number of amides is 1. The molecule has 1 amide bonds. The summed E-state index contributed by atoms with van der Waals surface area (Å²) in [5.74, 6) is 0.625. The Morgan fingerprint density at radius 1 is 1.50 bits per heavy atom. The van der Waals surface area contributed by atoms with E-state index in [0.29, 0.717) is 5.92 Å². The molecule has 0 bridgehead atoms. The van der Waals surface area contributed by atoms with Crippen LogP contribution < -0.4 is 10.2 Å². The molecule has 1 saturated carbocycles. The van der Waals surface area contributed by atoms with Gasteiger partial charge in [0.1, 0.15) is 0 Å². The van der Waals surface area contributed by atoms with Gasteiger partial charge in [0.15, 0.2) is 0 Å². The first-order chi connectivity index (χ1) is 5.70. The van der Waals surface area contributed by atoms with E-state index in [9.17, 15) is 4.79 Å². The number of nitrogens with one attached hydrogen (secondary N) is 2. The third-order valence-corrected chi connectivity index (χ3v) is 2.10. The van der Waals surface area contributed by atoms with Crippen LogP contribution in [-0.4, -0.2) is 33.1 Å². The zero-order valence-corrected chi connectivity index (χ0v) is 8.02. The number of hydrogen-bond donors (Lipinski definition) is 2. The molecule has 12 heavy (non-hydrogen) atoms. The SMILES string of the molecule is C[NH+](C)CCCNC(=O)C1CC1. The van der Waals surface area contributed by atoms with Crippen molar-refractivity contribution in [3.8, 4) is 0 Å². The Bertz CT molecular complexity index is 153. The highest BCUT2D eigenvalue weighted by Crippen LogP contribution is 2.28. The molecule has 0 aromatic carbocycles. The first kappa shape index (κ1) is 9.52. The second-order valence-electron chi connectivity index (χ2n) is 3.88. The fraction of sp³-hybridized carbons (Fsp3) is 0.889. The van der Waals surface area contributed by atoms with E-state index < -0.39 is 0 Å². The van der Waals surface area contributed by atoms with Crippen molar-refractivity contribution in [1.82, 2.24) is 5.32 Å². The highest BCUT2D eigenvalue weighted by molar-refractivity contribution is 5.80. The maximum absolute atomic E-state index is 11.1. The van der Waals surface area contributed by atoms with Crippen molar-refractivity contribution < 1.29 is 9.69 Å². The predicted octanol–water partition coefficient (Wildman–Crippen LogP) is -0.953. The number of carbonyl (C=O) groups is 1. The lowest BCUT2D eigenvalue weighted by molar-refractivity contribution is -0.858. The van der Waals surface area contributed by atoms with E-state index in [1.807, 2.05) is 0 Å². The van der Waals surface area contributed by atoms with Crippen LogP contribution in [0.25, 0.3) is 0 Å². The van der Waals surface area contributed by atoms with E-state index in [0.717, 1.165) is 32.4 Å². The molecule has 0 saturated heterocycles. The third-order valence-electron chi connectivity index (χ3n) is 2.10. The molecule has 70 valence electrons. The van der Waals surface area contributed by atoms with Crippen LogP contribution in [0.2, 0.25) is 0 Å². The van der Waals surface area contributed by atoms with Crippen molar-refractivity contribution in [2.24, 2.45) is 5.92 Å². The van der Waals surface area contributed by atoms with Crippen LogP contribution in [-0.2, 0) is 4.79 Å². The molecule has 1 rings (SSSR count). The average Bonchev–Trinajstić information content (AvgIpc) is 2.79. The first-order valence-corrected chi connectivity index (χ1v) is 4.77.